The van der Waals surface area contributed by atoms with Crippen LogP contribution < -0.4 is 0 Å². The fourth-order valence-corrected chi connectivity index (χ4v) is 2.94. The van der Waals surface area contributed by atoms with Crippen LogP contribution in [0.15, 0.2) is 42.5 Å². The van der Waals surface area contributed by atoms with E-state index in [2.05, 4.69) is 0 Å². The molecule has 2 aromatic rings. The van der Waals surface area contributed by atoms with Gasteiger partial charge in [0, 0.05) is 19.2 Å². The Morgan fingerprint density at radius 1 is 1.20 bits per heavy atom. The van der Waals surface area contributed by atoms with E-state index in [1.54, 1.807) is 4.90 Å². The number of rotatable bonds is 3. The van der Waals surface area contributed by atoms with Gasteiger partial charge in [0.25, 0.3) is 5.91 Å². The van der Waals surface area contributed by atoms with Crippen molar-refractivity contribution in [3.63, 3.8) is 0 Å². The third kappa shape index (κ3) is 2.41. The number of nitrogens with zero attached hydrogens (tertiary/aromatic N) is 1. The zero-order chi connectivity index (χ0) is 14.1. The first kappa shape index (κ1) is 13.1. The number of amides is 1. The van der Waals surface area contributed by atoms with Crippen LogP contribution in [0.5, 0.6) is 0 Å². The molecule has 1 aliphatic carbocycles. The summed E-state index contributed by atoms with van der Waals surface area (Å²) in [6, 6.07) is 13.8. The molecule has 1 saturated carbocycles. The van der Waals surface area contributed by atoms with Gasteiger partial charge in [-0.15, -0.1) is 0 Å². The molecule has 0 atom stereocenters. The highest BCUT2D eigenvalue weighted by Gasteiger charge is 2.29. The molecular weight excluding hydrogens is 250 g/mol. The first-order valence-electron chi connectivity index (χ1n) is 7.06. The molecule has 1 amide bonds. The number of carbonyl (C=O) groups excluding carboxylic acids is 1. The van der Waals surface area contributed by atoms with Gasteiger partial charge in [-0.3, -0.25) is 4.79 Å². The van der Waals surface area contributed by atoms with E-state index in [0.29, 0.717) is 5.92 Å². The minimum absolute atomic E-state index is 0.0585. The van der Waals surface area contributed by atoms with Crippen molar-refractivity contribution in [3.8, 4) is 0 Å². The van der Waals surface area contributed by atoms with E-state index in [4.69, 9.17) is 0 Å². The highest BCUT2D eigenvalue weighted by molar-refractivity contribution is 6.06. The number of aliphatic hydroxyl groups is 1. The molecule has 0 spiro atoms. The molecule has 3 rings (SSSR count). The van der Waals surface area contributed by atoms with Gasteiger partial charge >= 0.3 is 0 Å². The second kappa shape index (κ2) is 5.25. The minimum atomic E-state index is -0.166. The molecule has 1 N–H and O–H groups in total. The van der Waals surface area contributed by atoms with E-state index in [1.165, 1.54) is 0 Å². The molecule has 2 aromatic carbocycles. The standard InChI is InChI=1S/C17H19NO2/c1-18(11-12-9-14(19)10-12)17(20)16-8-4-6-13-5-2-3-7-15(13)16/h2-8,12,14,19H,9-11H2,1H3. The Morgan fingerprint density at radius 3 is 2.65 bits per heavy atom. The van der Waals surface area contributed by atoms with Gasteiger partial charge in [-0.1, -0.05) is 36.4 Å². The number of hydrogen-bond donors (Lipinski definition) is 1. The molecule has 0 bridgehead atoms. The summed E-state index contributed by atoms with van der Waals surface area (Å²) in [5.74, 6) is 0.497. The average Bonchev–Trinajstić information content (AvgIpc) is 2.44. The lowest BCUT2D eigenvalue weighted by molar-refractivity contribution is 0.0266. The molecule has 0 unspecified atom stereocenters. The first-order chi connectivity index (χ1) is 9.65. The van der Waals surface area contributed by atoms with Gasteiger partial charge in [-0.05, 0) is 35.6 Å². The van der Waals surface area contributed by atoms with Gasteiger partial charge in [-0.25, -0.2) is 0 Å². The summed E-state index contributed by atoms with van der Waals surface area (Å²) in [6.45, 7) is 0.721. The SMILES string of the molecule is CN(CC1CC(O)C1)C(=O)c1cccc2ccccc12. The molecule has 0 aliphatic heterocycles. The zero-order valence-electron chi connectivity index (χ0n) is 11.6. The summed E-state index contributed by atoms with van der Waals surface area (Å²) in [4.78, 5) is 14.4. The molecule has 3 heteroatoms. The summed E-state index contributed by atoms with van der Waals surface area (Å²) in [7, 11) is 1.84. The molecule has 0 aromatic heterocycles. The van der Waals surface area contributed by atoms with Gasteiger partial charge in [0.2, 0.25) is 0 Å². The van der Waals surface area contributed by atoms with Crippen LogP contribution in [0.25, 0.3) is 10.8 Å². The summed E-state index contributed by atoms with van der Waals surface area (Å²) in [5.41, 5.74) is 0.755. The largest absolute Gasteiger partial charge is 0.393 e. The van der Waals surface area contributed by atoms with Crippen molar-refractivity contribution >= 4 is 16.7 Å². The minimum Gasteiger partial charge on any atom is -0.393 e. The van der Waals surface area contributed by atoms with Crippen LogP contribution in [0.4, 0.5) is 0 Å². The van der Waals surface area contributed by atoms with Crippen molar-refractivity contribution < 1.29 is 9.90 Å². The van der Waals surface area contributed by atoms with Crippen molar-refractivity contribution in [2.45, 2.75) is 18.9 Å². The number of aliphatic hydroxyl groups excluding tert-OH is 1. The van der Waals surface area contributed by atoms with E-state index in [-0.39, 0.29) is 12.0 Å². The smallest absolute Gasteiger partial charge is 0.254 e. The predicted octanol–water partition coefficient (Wildman–Crippen LogP) is 2.68. The van der Waals surface area contributed by atoms with Crippen LogP contribution >= 0.6 is 0 Å². The van der Waals surface area contributed by atoms with Crippen molar-refractivity contribution in [1.82, 2.24) is 4.90 Å². The maximum absolute atomic E-state index is 12.6. The summed E-state index contributed by atoms with van der Waals surface area (Å²) in [5, 5.41) is 11.4. The maximum Gasteiger partial charge on any atom is 0.254 e. The third-order valence-corrected chi connectivity index (χ3v) is 4.11. The summed E-state index contributed by atoms with van der Waals surface area (Å²) < 4.78 is 0. The molecule has 104 valence electrons. The van der Waals surface area contributed by atoms with E-state index >= 15 is 0 Å². The molecule has 20 heavy (non-hydrogen) atoms. The highest BCUT2D eigenvalue weighted by atomic mass is 16.3. The summed E-state index contributed by atoms with van der Waals surface area (Å²) in [6.07, 6.45) is 1.46. The molecule has 1 aliphatic rings. The monoisotopic (exact) mass is 269 g/mol. The Bertz CT molecular complexity index is 626. The molecular formula is C17H19NO2. The van der Waals surface area contributed by atoms with Crippen LogP contribution in [0, 0.1) is 5.92 Å². The number of hydrogen-bond acceptors (Lipinski definition) is 2. The lowest BCUT2D eigenvalue weighted by Gasteiger charge is -2.34. The number of carbonyl (C=O) groups is 1. The van der Waals surface area contributed by atoms with E-state index in [9.17, 15) is 9.90 Å². The second-order valence-electron chi connectivity index (χ2n) is 5.70. The Morgan fingerprint density at radius 2 is 1.90 bits per heavy atom. The maximum atomic E-state index is 12.6. The number of benzene rings is 2. The Hall–Kier alpha value is -1.87. The third-order valence-electron chi connectivity index (χ3n) is 4.11. The van der Waals surface area contributed by atoms with Gasteiger partial charge in [-0.2, -0.15) is 0 Å². The number of fused-ring (bicyclic) bond motifs is 1. The Labute approximate surface area is 118 Å². The van der Waals surface area contributed by atoms with E-state index < -0.39 is 0 Å². The fourth-order valence-electron chi connectivity index (χ4n) is 2.94. The molecule has 3 nitrogen and oxygen atoms in total. The lowest BCUT2D eigenvalue weighted by Crippen LogP contribution is -2.39. The van der Waals surface area contributed by atoms with Crippen molar-refractivity contribution in [1.29, 1.82) is 0 Å². The van der Waals surface area contributed by atoms with Crippen LogP contribution in [0.1, 0.15) is 23.2 Å². The fraction of sp³-hybridized carbons (Fsp3) is 0.353. The van der Waals surface area contributed by atoms with Crippen LogP contribution in [0.2, 0.25) is 0 Å². The topological polar surface area (TPSA) is 40.5 Å². The molecule has 0 radical (unpaired) electrons. The van der Waals surface area contributed by atoms with Gasteiger partial charge in [0.05, 0.1) is 6.10 Å². The van der Waals surface area contributed by atoms with Crippen LogP contribution in [0.3, 0.4) is 0 Å². The first-order valence-corrected chi connectivity index (χ1v) is 7.06. The van der Waals surface area contributed by atoms with E-state index in [0.717, 1.165) is 35.7 Å². The van der Waals surface area contributed by atoms with Gasteiger partial charge in [0.1, 0.15) is 0 Å². The van der Waals surface area contributed by atoms with Crippen molar-refractivity contribution in [2.75, 3.05) is 13.6 Å². The van der Waals surface area contributed by atoms with Crippen LogP contribution in [-0.4, -0.2) is 35.6 Å². The van der Waals surface area contributed by atoms with E-state index in [1.807, 2.05) is 49.5 Å². The average molecular weight is 269 g/mol. The molecule has 0 saturated heterocycles. The van der Waals surface area contributed by atoms with Crippen molar-refractivity contribution in [2.24, 2.45) is 5.92 Å². The lowest BCUT2D eigenvalue weighted by atomic mass is 9.82. The Balaban J connectivity index is 1.81. The normalized spacial score (nSPS) is 21.5. The Kier molecular flexibility index (Phi) is 3.45. The second-order valence-corrected chi connectivity index (χ2v) is 5.70. The highest BCUT2D eigenvalue weighted by Crippen LogP contribution is 2.28. The predicted molar refractivity (Wildman–Crippen MR) is 79.6 cm³/mol. The zero-order valence-corrected chi connectivity index (χ0v) is 11.6. The molecule has 0 heterocycles. The van der Waals surface area contributed by atoms with Crippen molar-refractivity contribution in [3.05, 3.63) is 48.0 Å². The van der Waals surface area contributed by atoms with Gasteiger partial charge < -0.3 is 10.0 Å². The van der Waals surface area contributed by atoms with Gasteiger partial charge in [0.15, 0.2) is 0 Å². The quantitative estimate of drug-likeness (QED) is 0.930. The summed E-state index contributed by atoms with van der Waals surface area (Å²) >= 11 is 0. The van der Waals surface area contributed by atoms with Crippen LogP contribution in [-0.2, 0) is 0 Å². The molecule has 1 fully saturated rings.